The van der Waals surface area contributed by atoms with Crippen LogP contribution in [0.15, 0.2) is 61.2 Å². The van der Waals surface area contributed by atoms with Crippen LogP contribution in [0.4, 0.5) is 0 Å². The predicted molar refractivity (Wildman–Crippen MR) is 115 cm³/mol. The highest BCUT2D eigenvalue weighted by Gasteiger charge is 2.43. The first-order valence-electron chi connectivity index (χ1n) is 10.4. The minimum Gasteiger partial charge on any atom is -0.334 e. The smallest absolute Gasteiger partial charge is 0.254 e. The number of carbonyl (C=O) groups is 2. The Balaban J connectivity index is 1.85. The van der Waals surface area contributed by atoms with Gasteiger partial charge in [-0.05, 0) is 47.6 Å². The molecule has 1 saturated heterocycles. The Morgan fingerprint density at radius 1 is 1.14 bits per heavy atom. The largest absolute Gasteiger partial charge is 0.334 e. The van der Waals surface area contributed by atoms with Gasteiger partial charge in [-0.2, -0.15) is 0 Å². The molecule has 4 rings (SSSR count). The van der Waals surface area contributed by atoms with E-state index in [-0.39, 0.29) is 23.8 Å². The number of amides is 2. The molecule has 4 nitrogen and oxygen atoms in total. The van der Waals surface area contributed by atoms with Crippen molar-refractivity contribution in [1.29, 1.82) is 0 Å². The van der Waals surface area contributed by atoms with Crippen molar-refractivity contribution in [2.75, 3.05) is 13.1 Å². The predicted octanol–water partition coefficient (Wildman–Crippen LogP) is 4.54. The van der Waals surface area contributed by atoms with Gasteiger partial charge in [0, 0.05) is 18.7 Å². The molecule has 2 amide bonds. The van der Waals surface area contributed by atoms with Crippen LogP contribution < -0.4 is 0 Å². The van der Waals surface area contributed by atoms with Crippen LogP contribution in [-0.2, 0) is 4.79 Å². The van der Waals surface area contributed by atoms with Gasteiger partial charge in [0.25, 0.3) is 11.8 Å². The lowest BCUT2D eigenvalue weighted by Crippen LogP contribution is -2.47. The van der Waals surface area contributed by atoms with Gasteiger partial charge in [-0.15, -0.1) is 0 Å². The molecule has 2 aromatic rings. The van der Waals surface area contributed by atoms with Gasteiger partial charge >= 0.3 is 0 Å². The van der Waals surface area contributed by atoms with Gasteiger partial charge in [-0.3, -0.25) is 9.59 Å². The summed E-state index contributed by atoms with van der Waals surface area (Å²) in [5, 5.41) is 0. The molecule has 0 bridgehead atoms. The summed E-state index contributed by atoms with van der Waals surface area (Å²) in [7, 11) is 0. The summed E-state index contributed by atoms with van der Waals surface area (Å²) in [6, 6.07) is 16.6. The number of hydrogen-bond donors (Lipinski definition) is 0. The quantitative estimate of drug-likeness (QED) is 0.771. The third-order valence-electron chi connectivity index (χ3n) is 5.93. The molecular formula is C25H28N2O2. The maximum atomic E-state index is 13.8. The van der Waals surface area contributed by atoms with Crippen molar-refractivity contribution in [1.82, 2.24) is 9.80 Å². The van der Waals surface area contributed by atoms with Crippen LogP contribution in [0.3, 0.4) is 0 Å². The summed E-state index contributed by atoms with van der Waals surface area (Å²) in [5.41, 5.74) is 3.50. The van der Waals surface area contributed by atoms with Crippen molar-refractivity contribution >= 4 is 17.4 Å². The van der Waals surface area contributed by atoms with E-state index < -0.39 is 6.04 Å². The molecule has 0 saturated carbocycles. The number of benzene rings is 2. The zero-order chi connectivity index (χ0) is 20.5. The number of fused-ring (bicyclic) bond motifs is 2. The fourth-order valence-electron chi connectivity index (χ4n) is 4.64. The van der Waals surface area contributed by atoms with Gasteiger partial charge in [0.2, 0.25) is 0 Å². The molecule has 4 heteroatoms. The van der Waals surface area contributed by atoms with Crippen LogP contribution >= 0.6 is 0 Å². The second-order valence-electron chi connectivity index (χ2n) is 8.42. The molecule has 0 N–H and O–H groups in total. The average Bonchev–Trinajstić information content (AvgIpc) is 3.20. The molecule has 0 aromatic heterocycles. The van der Waals surface area contributed by atoms with E-state index in [9.17, 15) is 9.59 Å². The Hall–Kier alpha value is -2.88. The fourth-order valence-corrected chi connectivity index (χ4v) is 4.64. The van der Waals surface area contributed by atoms with Gasteiger partial charge in [-0.1, -0.05) is 62.9 Å². The second-order valence-corrected chi connectivity index (χ2v) is 8.42. The molecule has 0 spiro atoms. The van der Waals surface area contributed by atoms with E-state index in [1.807, 2.05) is 59.5 Å². The summed E-state index contributed by atoms with van der Waals surface area (Å²) >= 11 is 0. The summed E-state index contributed by atoms with van der Waals surface area (Å²) < 4.78 is 0. The first kappa shape index (κ1) is 19.4. The van der Waals surface area contributed by atoms with E-state index in [4.69, 9.17) is 0 Å². The Kier molecular flexibility index (Phi) is 5.27. The minimum atomic E-state index is -0.624. The van der Waals surface area contributed by atoms with Gasteiger partial charge in [0.05, 0.1) is 6.04 Å². The molecule has 2 heterocycles. The monoisotopic (exact) mass is 388 g/mol. The lowest BCUT2D eigenvalue weighted by Gasteiger charge is -2.35. The lowest BCUT2D eigenvalue weighted by molar-refractivity contribution is -0.136. The zero-order valence-corrected chi connectivity index (χ0v) is 17.2. The number of rotatable bonds is 4. The minimum absolute atomic E-state index is 0.0172. The van der Waals surface area contributed by atoms with Crippen molar-refractivity contribution in [3.05, 3.63) is 77.9 Å². The van der Waals surface area contributed by atoms with Gasteiger partial charge < -0.3 is 9.80 Å². The maximum Gasteiger partial charge on any atom is 0.254 e. The molecule has 150 valence electrons. The van der Waals surface area contributed by atoms with Crippen LogP contribution in [0, 0.1) is 5.92 Å². The second kappa shape index (κ2) is 7.86. The van der Waals surface area contributed by atoms with Crippen molar-refractivity contribution < 1.29 is 9.59 Å². The first-order chi connectivity index (χ1) is 14.0. The number of nitrogens with zero attached hydrogens (tertiary/aromatic N) is 2. The van der Waals surface area contributed by atoms with E-state index in [1.54, 1.807) is 4.90 Å². The molecule has 0 aliphatic carbocycles. The number of hydrogen-bond acceptors (Lipinski definition) is 2. The topological polar surface area (TPSA) is 40.6 Å². The van der Waals surface area contributed by atoms with Crippen LogP contribution in [0.25, 0.3) is 5.57 Å². The van der Waals surface area contributed by atoms with E-state index in [0.29, 0.717) is 12.1 Å². The molecular weight excluding hydrogens is 360 g/mol. The van der Waals surface area contributed by atoms with Crippen LogP contribution in [-0.4, -0.2) is 40.7 Å². The number of carbonyl (C=O) groups excluding carboxylic acids is 2. The Morgan fingerprint density at radius 3 is 2.55 bits per heavy atom. The van der Waals surface area contributed by atoms with E-state index >= 15 is 0 Å². The molecule has 29 heavy (non-hydrogen) atoms. The molecule has 2 aromatic carbocycles. The standard InChI is InChI=1S/C25H28N2O2/c1-17(2)16-27(24(28)19-10-5-4-6-11-19)23-21-13-8-7-12-20(21)18(3)22-14-9-15-26(22)25(23)29/h4-8,10-13,17,22-23H,3,9,14-16H2,1-2H3/t22-,23+/m1/s1. The highest BCUT2D eigenvalue weighted by molar-refractivity contribution is 5.99. The van der Waals surface area contributed by atoms with Crippen molar-refractivity contribution in [3.63, 3.8) is 0 Å². The van der Waals surface area contributed by atoms with Gasteiger partial charge in [0.15, 0.2) is 0 Å². The van der Waals surface area contributed by atoms with Crippen LogP contribution in [0.2, 0.25) is 0 Å². The molecule has 2 aliphatic rings. The molecule has 0 unspecified atom stereocenters. The fraction of sp³-hybridized carbons (Fsp3) is 0.360. The van der Waals surface area contributed by atoms with Gasteiger partial charge in [0.1, 0.15) is 6.04 Å². The van der Waals surface area contributed by atoms with Crippen molar-refractivity contribution in [3.8, 4) is 0 Å². The lowest BCUT2D eigenvalue weighted by atomic mass is 9.92. The first-order valence-corrected chi connectivity index (χ1v) is 10.4. The SMILES string of the molecule is C=C1c2ccccc2[C@H](N(CC(C)C)C(=O)c2ccccc2)C(=O)N2CCC[C@H]12. The van der Waals surface area contributed by atoms with Crippen molar-refractivity contribution in [2.45, 2.75) is 38.8 Å². The normalized spacial score (nSPS) is 21.0. The summed E-state index contributed by atoms with van der Waals surface area (Å²) in [4.78, 5) is 31.1. The Bertz CT molecular complexity index is 935. The third-order valence-corrected chi connectivity index (χ3v) is 5.93. The van der Waals surface area contributed by atoms with E-state index in [2.05, 4.69) is 20.4 Å². The molecule has 2 atom stereocenters. The summed E-state index contributed by atoms with van der Waals surface area (Å²) in [6.07, 6.45) is 1.91. The Morgan fingerprint density at radius 2 is 1.83 bits per heavy atom. The molecule has 0 radical (unpaired) electrons. The van der Waals surface area contributed by atoms with E-state index in [0.717, 1.165) is 36.1 Å². The zero-order valence-electron chi connectivity index (χ0n) is 17.2. The third kappa shape index (κ3) is 3.48. The Labute approximate surface area is 172 Å². The van der Waals surface area contributed by atoms with Gasteiger partial charge in [-0.25, -0.2) is 0 Å². The van der Waals surface area contributed by atoms with E-state index in [1.165, 1.54) is 0 Å². The average molecular weight is 389 g/mol. The highest BCUT2D eigenvalue weighted by Crippen LogP contribution is 2.41. The van der Waals surface area contributed by atoms with Crippen LogP contribution in [0.5, 0.6) is 0 Å². The molecule has 1 fully saturated rings. The summed E-state index contributed by atoms with van der Waals surface area (Å²) in [5.74, 6) is 0.155. The van der Waals surface area contributed by atoms with Crippen molar-refractivity contribution in [2.24, 2.45) is 5.92 Å². The summed E-state index contributed by atoms with van der Waals surface area (Å²) in [6.45, 7) is 9.75. The molecule has 2 aliphatic heterocycles. The highest BCUT2D eigenvalue weighted by atomic mass is 16.2. The maximum absolute atomic E-state index is 13.8. The van der Waals surface area contributed by atoms with Crippen LogP contribution in [0.1, 0.15) is 54.2 Å².